The molecule has 4 nitrogen and oxygen atoms in total. The zero-order chi connectivity index (χ0) is 12.3. The van der Waals surface area contributed by atoms with E-state index in [0.29, 0.717) is 11.4 Å². The van der Waals surface area contributed by atoms with Crippen molar-refractivity contribution in [1.82, 2.24) is 4.90 Å². The van der Waals surface area contributed by atoms with Crippen LogP contribution in [0.2, 0.25) is 0 Å². The molecule has 1 aromatic heterocycles. The van der Waals surface area contributed by atoms with Gasteiger partial charge in [0.1, 0.15) is 4.88 Å². The molecule has 94 valence electrons. The van der Waals surface area contributed by atoms with Crippen molar-refractivity contribution < 1.29 is 14.6 Å². The fraction of sp³-hybridized carbons (Fsp3) is 0.583. The number of ether oxygens (including phenoxy) is 1. The Morgan fingerprint density at radius 1 is 1.71 bits per heavy atom. The Labute approximate surface area is 105 Å². The molecular formula is C12H17NO3S. The van der Waals surface area contributed by atoms with Crippen LogP contribution >= 0.6 is 11.3 Å². The van der Waals surface area contributed by atoms with Gasteiger partial charge < -0.3 is 9.84 Å². The predicted molar refractivity (Wildman–Crippen MR) is 66.6 cm³/mol. The van der Waals surface area contributed by atoms with Crippen molar-refractivity contribution in [2.75, 3.05) is 20.2 Å². The van der Waals surface area contributed by atoms with Gasteiger partial charge in [-0.1, -0.05) is 0 Å². The van der Waals surface area contributed by atoms with Crippen LogP contribution in [0.5, 0.6) is 0 Å². The number of thiophene rings is 1. The smallest absolute Gasteiger partial charge is 0.346 e. The summed E-state index contributed by atoms with van der Waals surface area (Å²) in [6.45, 7) is 2.63. The van der Waals surface area contributed by atoms with Gasteiger partial charge in [-0.2, -0.15) is 0 Å². The summed E-state index contributed by atoms with van der Waals surface area (Å²) in [7, 11) is 1.74. The zero-order valence-corrected chi connectivity index (χ0v) is 10.7. The molecule has 0 bridgehead atoms. The lowest BCUT2D eigenvalue weighted by Crippen LogP contribution is -2.38. The van der Waals surface area contributed by atoms with Gasteiger partial charge in [-0.3, -0.25) is 4.90 Å². The van der Waals surface area contributed by atoms with Crippen LogP contribution in [-0.4, -0.2) is 42.3 Å². The van der Waals surface area contributed by atoms with Crippen molar-refractivity contribution >= 4 is 17.3 Å². The second-order valence-corrected chi connectivity index (χ2v) is 5.23. The quantitative estimate of drug-likeness (QED) is 0.894. The van der Waals surface area contributed by atoms with Crippen molar-refractivity contribution in [1.29, 1.82) is 0 Å². The van der Waals surface area contributed by atoms with Crippen LogP contribution in [0.15, 0.2) is 11.4 Å². The lowest BCUT2D eigenvalue weighted by atomic mass is 10.1. The van der Waals surface area contributed by atoms with Crippen molar-refractivity contribution in [2.45, 2.75) is 25.5 Å². The molecule has 1 aromatic rings. The first-order valence-electron chi connectivity index (χ1n) is 5.75. The first-order chi connectivity index (χ1) is 8.20. The average Bonchev–Trinajstić information content (AvgIpc) is 2.77. The van der Waals surface area contributed by atoms with E-state index in [9.17, 15) is 4.79 Å². The molecule has 0 aliphatic carbocycles. The summed E-state index contributed by atoms with van der Waals surface area (Å²) in [6, 6.07) is 1.91. The molecule has 0 radical (unpaired) electrons. The SMILES string of the molecule is COC1CCCN(Cc2ccsc2C(=O)O)C1. The summed E-state index contributed by atoms with van der Waals surface area (Å²) in [5.41, 5.74) is 0.916. The molecule has 1 N–H and O–H groups in total. The Balaban J connectivity index is 2.00. The number of rotatable bonds is 4. The van der Waals surface area contributed by atoms with E-state index in [1.54, 1.807) is 7.11 Å². The second-order valence-electron chi connectivity index (χ2n) is 4.32. The van der Waals surface area contributed by atoms with E-state index in [2.05, 4.69) is 4.90 Å². The van der Waals surface area contributed by atoms with Crippen molar-refractivity contribution in [3.63, 3.8) is 0 Å². The van der Waals surface area contributed by atoms with E-state index in [0.717, 1.165) is 31.5 Å². The van der Waals surface area contributed by atoms with Gasteiger partial charge in [-0.15, -0.1) is 11.3 Å². The van der Waals surface area contributed by atoms with E-state index in [4.69, 9.17) is 9.84 Å². The standard InChI is InChI=1S/C12H17NO3S/c1-16-10-3-2-5-13(8-10)7-9-4-6-17-11(9)12(14)15/h4,6,10H,2-3,5,7-8H2,1H3,(H,14,15). The fourth-order valence-corrected chi connectivity index (χ4v) is 2.99. The Hall–Kier alpha value is -0.910. The third-order valence-corrected chi connectivity index (χ3v) is 4.08. The molecule has 0 saturated carbocycles. The van der Waals surface area contributed by atoms with Crippen LogP contribution in [0.1, 0.15) is 28.1 Å². The van der Waals surface area contributed by atoms with Crippen LogP contribution < -0.4 is 0 Å². The molecular weight excluding hydrogens is 238 g/mol. The van der Waals surface area contributed by atoms with Crippen LogP contribution in [0.25, 0.3) is 0 Å². The van der Waals surface area contributed by atoms with Gasteiger partial charge in [0.05, 0.1) is 6.10 Å². The summed E-state index contributed by atoms with van der Waals surface area (Å²) >= 11 is 1.30. The highest BCUT2D eigenvalue weighted by atomic mass is 32.1. The average molecular weight is 255 g/mol. The van der Waals surface area contributed by atoms with Gasteiger partial charge >= 0.3 is 5.97 Å². The second kappa shape index (κ2) is 5.62. The summed E-state index contributed by atoms with van der Waals surface area (Å²) in [6.07, 6.45) is 2.50. The summed E-state index contributed by atoms with van der Waals surface area (Å²) in [4.78, 5) is 13.7. The molecule has 1 aliphatic rings. The number of carbonyl (C=O) groups is 1. The maximum Gasteiger partial charge on any atom is 0.346 e. The van der Waals surface area contributed by atoms with Gasteiger partial charge in [-0.05, 0) is 36.4 Å². The Bertz CT molecular complexity index is 391. The molecule has 1 fully saturated rings. The predicted octanol–water partition coefficient (Wildman–Crippen LogP) is 2.06. The Morgan fingerprint density at radius 2 is 2.53 bits per heavy atom. The highest BCUT2D eigenvalue weighted by Crippen LogP contribution is 2.21. The lowest BCUT2D eigenvalue weighted by Gasteiger charge is -2.31. The normalized spacial score (nSPS) is 21.6. The van der Waals surface area contributed by atoms with Gasteiger partial charge in [0.15, 0.2) is 0 Å². The molecule has 17 heavy (non-hydrogen) atoms. The first-order valence-corrected chi connectivity index (χ1v) is 6.63. The number of methoxy groups -OCH3 is 1. The fourth-order valence-electron chi connectivity index (χ4n) is 2.24. The number of likely N-dealkylation sites (tertiary alicyclic amines) is 1. The Kier molecular flexibility index (Phi) is 4.15. The molecule has 1 aliphatic heterocycles. The summed E-state index contributed by atoms with van der Waals surface area (Å²) < 4.78 is 5.36. The van der Waals surface area contributed by atoms with Crippen molar-refractivity contribution in [3.8, 4) is 0 Å². The molecule has 0 amide bonds. The third-order valence-electron chi connectivity index (χ3n) is 3.13. The van der Waals surface area contributed by atoms with Crippen LogP contribution in [-0.2, 0) is 11.3 Å². The molecule has 1 atom stereocenters. The number of nitrogens with zero attached hydrogens (tertiary/aromatic N) is 1. The number of carboxylic acids is 1. The topological polar surface area (TPSA) is 49.8 Å². The van der Waals surface area contributed by atoms with Gasteiger partial charge in [0, 0.05) is 20.2 Å². The molecule has 1 unspecified atom stereocenters. The maximum atomic E-state index is 11.0. The minimum Gasteiger partial charge on any atom is -0.477 e. The van der Waals surface area contributed by atoms with Crippen molar-refractivity contribution in [2.24, 2.45) is 0 Å². The zero-order valence-electron chi connectivity index (χ0n) is 9.89. The van der Waals surface area contributed by atoms with Crippen molar-refractivity contribution in [3.05, 3.63) is 21.9 Å². The van der Waals surface area contributed by atoms with Crippen LogP contribution in [0.3, 0.4) is 0 Å². The summed E-state index contributed by atoms with van der Waals surface area (Å²) in [5.74, 6) is -0.824. The van der Waals surface area contributed by atoms with E-state index in [1.807, 2.05) is 11.4 Å². The highest BCUT2D eigenvalue weighted by molar-refractivity contribution is 7.12. The first kappa shape index (κ1) is 12.5. The number of carboxylic acid groups (broad SMARTS) is 1. The lowest BCUT2D eigenvalue weighted by molar-refractivity contribution is 0.0284. The molecule has 2 rings (SSSR count). The number of piperidine rings is 1. The van der Waals surface area contributed by atoms with E-state index in [1.165, 1.54) is 11.3 Å². The van der Waals surface area contributed by atoms with E-state index >= 15 is 0 Å². The molecule has 2 heterocycles. The van der Waals surface area contributed by atoms with E-state index < -0.39 is 5.97 Å². The monoisotopic (exact) mass is 255 g/mol. The largest absolute Gasteiger partial charge is 0.477 e. The molecule has 1 saturated heterocycles. The minimum atomic E-state index is -0.824. The van der Waals surface area contributed by atoms with Gasteiger partial charge in [0.25, 0.3) is 0 Å². The highest BCUT2D eigenvalue weighted by Gasteiger charge is 2.21. The molecule has 0 aromatic carbocycles. The van der Waals surface area contributed by atoms with Gasteiger partial charge in [-0.25, -0.2) is 4.79 Å². The third kappa shape index (κ3) is 3.06. The van der Waals surface area contributed by atoms with Gasteiger partial charge in [0.2, 0.25) is 0 Å². The van der Waals surface area contributed by atoms with Crippen LogP contribution in [0, 0.1) is 0 Å². The minimum absolute atomic E-state index is 0.288. The summed E-state index contributed by atoms with van der Waals surface area (Å²) in [5, 5.41) is 10.9. The molecule has 0 spiro atoms. The number of aromatic carboxylic acids is 1. The Morgan fingerprint density at radius 3 is 3.24 bits per heavy atom. The van der Waals surface area contributed by atoms with Crippen LogP contribution in [0.4, 0.5) is 0 Å². The number of hydrogen-bond donors (Lipinski definition) is 1. The molecule has 5 heteroatoms. The number of hydrogen-bond acceptors (Lipinski definition) is 4. The maximum absolute atomic E-state index is 11.0. The van der Waals surface area contributed by atoms with E-state index in [-0.39, 0.29) is 6.10 Å².